The topological polar surface area (TPSA) is 45.2 Å². The Morgan fingerprint density at radius 1 is 0.875 bits per heavy atom. The van der Waals surface area contributed by atoms with E-state index in [1.54, 1.807) is 24.3 Å². The summed E-state index contributed by atoms with van der Waals surface area (Å²) in [7, 11) is 0. The van der Waals surface area contributed by atoms with Crippen LogP contribution in [0.5, 0.6) is 5.75 Å². The molecule has 3 nitrogen and oxygen atoms in total. The van der Waals surface area contributed by atoms with Crippen LogP contribution in [0.1, 0.15) is 45.9 Å². The van der Waals surface area contributed by atoms with E-state index in [2.05, 4.69) is 10.3 Å². The summed E-state index contributed by atoms with van der Waals surface area (Å²) >= 11 is 0. The first-order chi connectivity index (χ1) is 14.9. The van der Waals surface area contributed by atoms with Gasteiger partial charge in [-0.1, -0.05) is 32.0 Å². The maximum atomic E-state index is 13.3. The molecule has 1 heterocycles. The van der Waals surface area contributed by atoms with Crippen molar-refractivity contribution in [3.05, 3.63) is 71.8 Å². The zero-order valence-electron chi connectivity index (χ0n) is 18.8. The van der Waals surface area contributed by atoms with Crippen molar-refractivity contribution in [2.45, 2.75) is 52.9 Å². The van der Waals surface area contributed by atoms with E-state index in [9.17, 15) is 22.7 Å². The molecule has 0 saturated heterocycles. The van der Waals surface area contributed by atoms with Crippen LogP contribution in [0.2, 0.25) is 0 Å². The Labute approximate surface area is 186 Å². The molecule has 0 bridgehead atoms. The molecule has 0 radical (unpaired) electrons. The van der Waals surface area contributed by atoms with Crippen molar-refractivity contribution in [1.82, 2.24) is 10.3 Å². The molecular formula is C25H28F4N2O. The molecule has 32 heavy (non-hydrogen) atoms. The Bertz CT molecular complexity index is 1020. The van der Waals surface area contributed by atoms with E-state index in [4.69, 9.17) is 0 Å². The van der Waals surface area contributed by atoms with Gasteiger partial charge in [-0.05, 0) is 62.2 Å². The van der Waals surface area contributed by atoms with E-state index in [1.165, 1.54) is 18.2 Å². The number of rotatable bonds is 4. The summed E-state index contributed by atoms with van der Waals surface area (Å²) in [4.78, 5) is 3.50. The molecule has 0 amide bonds. The summed E-state index contributed by atoms with van der Waals surface area (Å²) in [6.45, 7) is 10.3. The van der Waals surface area contributed by atoms with E-state index in [0.717, 1.165) is 17.8 Å². The van der Waals surface area contributed by atoms with Crippen LogP contribution in [0.15, 0.2) is 54.7 Å². The van der Waals surface area contributed by atoms with Gasteiger partial charge in [0.15, 0.2) is 0 Å². The lowest BCUT2D eigenvalue weighted by atomic mass is 9.95. The van der Waals surface area contributed by atoms with Gasteiger partial charge in [-0.2, -0.15) is 13.2 Å². The molecule has 2 N–H and O–H groups in total. The Kier molecular flexibility index (Phi) is 8.02. The van der Waals surface area contributed by atoms with Gasteiger partial charge in [-0.3, -0.25) is 4.98 Å². The number of alkyl halides is 3. The zero-order valence-corrected chi connectivity index (χ0v) is 18.8. The van der Waals surface area contributed by atoms with Crippen molar-refractivity contribution in [3.63, 3.8) is 0 Å². The van der Waals surface area contributed by atoms with Crippen LogP contribution in [0, 0.1) is 5.82 Å². The minimum Gasteiger partial charge on any atom is -0.507 e. The molecule has 0 aliphatic rings. The molecule has 0 spiro atoms. The summed E-state index contributed by atoms with van der Waals surface area (Å²) < 4.78 is 51.9. The average molecular weight is 449 g/mol. The normalized spacial score (nSPS) is 11.7. The van der Waals surface area contributed by atoms with E-state index in [0.29, 0.717) is 28.8 Å². The number of benzene rings is 2. The second-order valence-electron chi connectivity index (χ2n) is 8.07. The molecule has 0 saturated carbocycles. The standard InChI is InChI=1S/C23H22F4N2O.C2H6/c1-22(2,3)29-13-17-10-16(14-4-7-18(24)8-5-14)11-19(21(17)30)15-6-9-20(28-12-15)23(25,26)27;1-2/h4-12,29-30H,13H2,1-3H3;1-2H3. The number of hydrogen-bond donors (Lipinski definition) is 2. The Morgan fingerprint density at radius 3 is 1.97 bits per heavy atom. The fraction of sp³-hybridized carbons (Fsp3) is 0.320. The number of nitrogens with one attached hydrogen (secondary N) is 1. The van der Waals surface area contributed by atoms with Crippen LogP contribution in [-0.4, -0.2) is 15.6 Å². The van der Waals surface area contributed by atoms with Gasteiger partial charge in [0, 0.05) is 35.0 Å². The summed E-state index contributed by atoms with van der Waals surface area (Å²) in [6.07, 6.45) is -3.45. The third-order valence-corrected chi connectivity index (χ3v) is 4.54. The first-order valence-electron chi connectivity index (χ1n) is 10.3. The van der Waals surface area contributed by atoms with E-state index in [-0.39, 0.29) is 17.1 Å². The SMILES string of the molecule is CC.CC(C)(C)NCc1cc(-c2ccc(F)cc2)cc(-c2ccc(C(F)(F)F)nc2)c1O. The molecule has 2 aromatic carbocycles. The Balaban J connectivity index is 0.00000176. The molecule has 7 heteroatoms. The van der Waals surface area contributed by atoms with E-state index < -0.39 is 11.9 Å². The monoisotopic (exact) mass is 448 g/mol. The van der Waals surface area contributed by atoms with E-state index in [1.807, 2.05) is 34.6 Å². The minimum atomic E-state index is -4.54. The van der Waals surface area contributed by atoms with E-state index >= 15 is 0 Å². The van der Waals surface area contributed by atoms with Crippen molar-refractivity contribution < 1.29 is 22.7 Å². The fourth-order valence-electron chi connectivity index (χ4n) is 2.94. The summed E-state index contributed by atoms with van der Waals surface area (Å²) in [5.74, 6) is -0.418. The summed E-state index contributed by atoms with van der Waals surface area (Å²) in [5, 5.41) is 14.1. The molecule has 0 unspecified atom stereocenters. The van der Waals surface area contributed by atoms with Crippen molar-refractivity contribution >= 4 is 0 Å². The molecule has 172 valence electrons. The van der Waals surface area contributed by atoms with Gasteiger partial charge in [-0.15, -0.1) is 0 Å². The zero-order chi connectivity index (χ0) is 24.1. The van der Waals surface area contributed by atoms with Gasteiger partial charge in [0.25, 0.3) is 0 Å². The molecule has 3 rings (SSSR count). The van der Waals surface area contributed by atoms with Gasteiger partial charge >= 0.3 is 6.18 Å². The number of nitrogens with zero attached hydrogens (tertiary/aromatic N) is 1. The quantitative estimate of drug-likeness (QED) is 0.415. The number of aromatic hydroxyl groups is 1. The Hall–Kier alpha value is -2.93. The first kappa shape index (κ1) is 25.3. The van der Waals surface area contributed by atoms with Crippen molar-refractivity contribution in [2.75, 3.05) is 0 Å². The highest BCUT2D eigenvalue weighted by Crippen LogP contribution is 2.38. The van der Waals surface area contributed by atoms with Crippen molar-refractivity contribution in [1.29, 1.82) is 0 Å². The smallest absolute Gasteiger partial charge is 0.433 e. The molecule has 0 aliphatic carbocycles. The molecular weight excluding hydrogens is 420 g/mol. The van der Waals surface area contributed by atoms with Gasteiger partial charge in [0.1, 0.15) is 17.3 Å². The number of aromatic nitrogens is 1. The molecule has 0 atom stereocenters. The van der Waals surface area contributed by atoms with Crippen LogP contribution in [-0.2, 0) is 12.7 Å². The summed E-state index contributed by atoms with van der Waals surface area (Å²) in [6, 6.07) is 11.5. The lowest BCUT2D eigenvalue weighted by Crippen LogP contribution is -2.35. The number of hydrogen-bond acceptors (Lipinski definition) is 3. The van der Waals surface area contributed by atoms with Crippen molar-refractivity contribution in [3.8, 4) is 28.0 Å². The average Bonchev–Trinajstić information content (AvgIpc) is 2.74. The predicted octanol–water partition coefficient (Wildman–Crippen LogP) is 7.19. The number of pyridine rings is 1. The van der Waals surface area contributed by atoms with Crippen LogP contribution in [0.4, 0.5) is 17.6 Å². The maximum absolute atomic E-state index is 13.3. The third-order valence-electron chi connectivity index (χ3n) is 4.54. The largest absolute Gasteiger partial charge is 0.507 e. The lowest BCUT2D eigenvalue weighted by molar-refractivity contribution is -0.141. The minimum absolute atomic E-state index is 0.0424. The summed E-state index contributed by atoms with van der Waals surface area (Å²) in [5.41, 5.74) is 1.47. The second kappa shape index (κ2) is 10.1. The lowest BCUT2D eigenvalue weighted by Gasteiger charge is -2.22. The highest BCUT2D eigenvalue weighted by molar-refractivity contribution is 5.79. The van der Waals surface area contributed by atoms with Gasteiger partial charge in [0.2, 0.25) is 0 Å². The highest BCUT2D eigenvalue weighted by atomic mass is 19.4. The van der Waals surface area contributed by atoms with Gasteiger partial charge < -0.3 is 10.4 Å². The number of halogens is 4. The molecule has 0 fully saturated rings. The predicted molar refractivity (Wildman–Crippen MR) is 120 cm³/mol. The number of phenols is 1. The third kappa shape index (κ3) is 6.53. The highest BCUT2D eigenvalue weighted by Gasteiger charge is 2.32. The maximum Gasteiger partial charge on any atom is 0.433 e. The van der Waals surface area contributed by atoms with Gasteiger partial charge in [0.05, 0.1) is 0 Å². The van der Waals surface area contributed by atoms with Crippen LogP contribution < -0.4 is 5.32 Å². The fourth-order valence-corrected chi connectivity index (χ4v) is 2.94. The molecule has 1 aromatic heterocycles. The Morgan fingerprint density at radius 2 is 1.47 bits per heavy atom. The van der Waals surface area contributed by atoms with Crippen molar-refractivity contribution in [2.24, 2.45) is 0 Å². The molecule has 3 aromatic rings. The molecule has 0 aliphatic heterocycles. The van der Waals surface area contributed by atoms with Crippen LogP contribution in [0.25, 0.3) is 22.3 Å². The van der Waals surface area contributed by atoms with Crippen LogP contribution in [0.3, 0.4) is 0 Å². The second-order valence-corrected chi connectivity index (χ2v) is 8.07. The van der Waals surface area contributed by atoms with Crippen LogP contribution >= 0.6 is 0 Å². The number of phenolic OH excluding ortho intramolecular Hbond substituents is 1. The first-order valence-corrected chi connectivity index (χ1v) is 10.3. The van der Waals surface area contributed by atoms with Gasteiger partial charge in [-0.25, -0.2) is 4.39 Å².